The average Bonchev–Trinajstić information content (AvgIpc) is 2.56. The molecule has 0 saturated carbocycles. The quantitative estimate of drug-likeness (QED) is 0.718. The van der Waals surface area contributed by atoms with Crippen LogP contribution in [0.1, 0.15) is 26.3 Å². The molecule has 2 aromatic rings. The van der Waals surface area contributed by atoms with Crippen LogP contribution in [0.3, 0.4) is 0 Å². The van der Waals surface area contributed by atoms with Crippen molar-refractivity contribution in [1.82, 2.24) is 0 Å². The van der Waals surface area contributed by atoms with Gasteiger partial charge >= 0.3 is 0 Å². The Morgan fingerprint density at radius 3 is 2.00 bits per heavy atom. The van der Waals surface area contributed by atoms with Gasteiger partial charge < -0.3 is 16.0 Å². The zero-order valence-corrected chi connectivity index (χ0v) is 15.3. The molecule has 0 saturated heterocycles. The lowest BCUT2D eigenvalue weighted by Gasteiger charge is -2.23. The Kier molecular flexibility index (Phi) is 5.77. The summed E-state index contributed by atoms with van der Waals surface area (Å²) in [5, 5.41) is 8.17. The van der Waals surface area contributed by atoms with Crippen LogP contribution in [0.5, 0.6) is 0 Å². The number of nitrogens with one attached hydrogen (secondary N) is 3. The van der Waals surface area contributed by atoms with Crippen molar-refractivity contribution in [2.75, 3.05) is 16.0 Å². The Balaban J connectivity index is 2.11. The summed E-state index contributed by atoms with van der Waals surface area (Å²) in [7, 11) is 0. The number of para-hydroxylation sites is 1. The molecule has 0 aliphatic rings. The molecule has 0 aliphatic carbocycles. The first-order valence-corrected chi connectivity index (χ1v) is 8.26. The van der Waals surface area contributed by atoms with Crippen LogP contribution >= 0.6 is 0 Å². The van der Waals surface area contributed by atoms with Crippen molar-refractivity contribution in [2.45, 2.75) is 27.7 Å². The van der Waals surface area contributed by atoms with E-state index >= 15 is 0 Å². The molecule has 0 heterocycles. The monoisotopic (exact) mass is 353 g/mol. The van der Waals surface area contributed by atoms with Crippen LogP contribution in [0.4, 0.5) is 17.1 Å². The highest BCUT2D eigenvalue weighted by molar-refractivity contribution is 6.14. The van der Waals surface area contributed by atoms with Crippen LogP contribution in [0, 0.1) is 12.3 Å². The minimum absolute atomic E-state index is 0.202. The Morgan fingerprint density at radius 2 is 1.38 bits per heavy atom. The summed E-state index contributed by atoms with van der Waals surface area (Å²) in [6, 6.07) is 14.1. The van der Waals surface area contributed by atoms with Crippen molar-refractivity contribution in [3.8, 4) is 0 Å². The van der Waals surface area contributed by atoms with Crippen molar-refractivity contribution in [1.29, 1.82) is 0 Å². The number of benzene rings is 2. The van der Waals surface area contributed by atoms with Crippen LogP contribution in [-0.2, 0) is 14.4 Å². The summed E-state index contributed by atoms with van der Waals surface area (Å²) in [6.45, 7) is 6.42. The lowest BCUT2D eigenvalue weighted by atomic mass is 9.90. The number of carbonyl (C=O) groups is 3. The summed E-state index contributed by atoms with van der Waals surface area (Å²) in [5.41, 5.74) is 1.37. The van der Waals surface area contributed by atoms with Gasteiger partial charge in [-0.05, 0) is 50.6 Å². The highest BCUT2D eigenvalue weighted by Crippen LogP contribution is 2.24. The SMILES string of the molecule is CC(=O)Nc1cccc(NC(=O)C(C)(C)C(=O)Nc2ccccc2C)c1. The van der Waals surface area contributed by atoms with E-state index in [0.29, 0.717) is 17.1 Å². The fourth-order valence-electron chi connectivity index (χ4n) is 2.26. The summed E-state index contributed by atoms with van der Waals surface area (Å²) in [5.74, 6) is -1.04. The molecule has 0 radical (unpaired) electrons. The van der Waals surface area contributed by atoms with Gasteiger partial charge in [0.2, 0.25) is 17.7 Å². The second-order valence-corrected chi connectivity index (χ2v) is 6.61. The maximum Gasteiger partial charge on any atom is 0.239 e. The first-order valence-electron chi connectivity index (χ1n) is 8.26. The zero-order chi connectivity index (χ0) is 19.3. The van der Waals surface area contributed by atoms with Crippen LogP contribution in [-0.4, -0.2) is 17.7 Å². The summed E-state index contributed by atoms with van der Waals surface area (Å²) < 4.78 is 0. The molecule has 0 bridgehead atoms. The highest BCUT2D eigenvalue weighted by Gasteiger charge is 2.36. The third kappa shape index (κ3) is 4.69. The van der Waals surface area contributed by atoms with E-state index in [1.807, 2.05) is 25.1 Å². The van der Waals surface area contributed by atoms with E-state index in [1.165, 1.54) is 6.92 Å². The lowest BCUT2D eigenvalue weighted by Crippen LogP contribution is -2.41. The molecule has 6 heteroatoms. The van der Waals surface area contributed by atoms with E-state index in [9.17, 15) is 14.4 Å². The summed E-state index contributed by atoms with van der Waals surface area (Å²) in [4.78, 5) is 36.4. The molecule has 136 valence electrons. The molecule has 3 amide bonds. The van der Waals surface area contributed by atoms with Gasteiger partial charge in [0, 0.05) is 24.0 Å². The van der Waals surface area contributed by atoms with Gasteiger partial charge in [-0.15, -0.1) is 0 Å². The molecule has 0 spiro atoms. The third-order valence-electron chi connectivity index (χ3n) is 3.97. The van der Waals surface area contributed by atoms with E-state index in [0.717, 1.165) is 5.56 Å². The molecular weight excluding hydrogens is 330 g/mol. The molecular formula is C20H23N3O3. The minimum atomic E-state index is -1.29. The molecule has 3 N–H and O–H groups in total. The molecule has 0 atom stereocenters. The number of carbonyl (C=O) groups excluding carboxylic acids is 3. The van der Waals surface area contributed by atoms with Crippen LogP contribution in [0.2, 0.25) is 0 Å². The van der Waals surface area contributed by atoms with Gasteiger partial charge in [-0.2, -0.15) is 0 Å². The van der Waals surface area contributed by atoms with Crippen molar-refractivity contribution < 1.29 is 14.4 Å². The summed E-state index contributed by atoms with van der Waals surface area (Å²) >= 11 is 0. The van der Waals surface area contributed by atoms with E-state index in [-0.39, 0.29) is 5.91 Å². The standard InChI is InChI=1S/C20H23N3O3/c1-13-8-5-6-11-17(13)23-19(26)20(3,4)18(25)22-16-10-7-9-15(12-16)21-14(2)24/h5-12H,1-4H3,(H,21,24)(H,22,25)(H,23,26). The van der Waals surface area contributed by atoms with Crippen molar-refractivity contribution in [2.24, 2.45) is 5.41 Å². The molecule has 0 aliphatic heterocycles. The average molecular weight is 353 g/mol. The van der Waals surface area contributed by atoms with E-state index in [1.54, 1.807) is 44.2 Å². The largest absolute Gasteiger partial charge is 0.326 e. The molecule has 0 fully saturated rings. The van der Waals surface area contributed by atoms with Gasteiger partial charge in [-0.25, -0.2) is 0 Å². The molecule has 0 aromatic heterocycles. The Labute approximate surface area is 153 Å². The molecule has 2 aromatic carbocycles. The number of rotatable bonds is 5. The second kappa shape index (κ2) is 7.82. The van der Waals surface area contributed by atoms with Crippen LogP contribution < -0.4 is 16.0 Å². The minimum Gasteiger partial charge on any atom is -0.326 e. The predicted molar refractivity (Wildman–Crippen MR) is 103 cm³/mol. The van der Waals surface area contributed by atoms with Crippen LogP contribution in [0.15, 0.2) is 48.5 Å². The van der Waals surface area contributed by atoms with Crippen LogP contribution in [0.25, 0.3) is 0 Å². The normalized spacial score (nSPS) is 10.8. The molecule has 6 nitrogen and oxygen atoms in total. The smallest absolute Gasteiger partial charge is 0.239 e. The highest BCUT2D eigenvalue weighted by atomic mass is 16.2. The van der Waals surface area contributed by atoms with E-state index < -0.39 is 17.2 Å². The fourth-order valence-corrected chi connectivity index (χ4v) is 2.26. The first-order chi connectivity index (χ1) is 12.2. The van der Waals surface area contributed by atoms with E-state index in [4.69, 9.17) is 0 Å². The van der Waals surface area contributed by atoms with Crippen molar-refractivity contribution >= 4 is 34.8 Å². The van der Waals surface area contributed by atoms with Crippen molar-refractivity contribution in [3.63, 3.8) is 0 Å². The molecule has 26 heavy (non-hydrogen) atoms. The lowest BCUT2D eigenvalue weighted by molar-refractivity contribution is -0.135. The first kappa shape index (κ1) is 19.2. The zero-order valence-electron chi connectivity index (χ0n) is 15.3. The number of anilines is 3. The number of aryl methyl sites for hydroxylation is 1. The fraction of sp³-hybridized carbons (Fsp3) is 0.250. The molecule has 0 unspecified atom stereocenters. The Morgan fingerprint density at radius 1 is 0.808 bits per heavy atom. The number of hydrogen-bond acceptors (Lipinski definition) is 3. The number of hydrogen-bond donors (Lipinski definition) is 3. The van der Waals surface area contributed by atoms with Gasteiger partial charge in [0.05, 0.1) is 0 Å². The number of amides is 3. The maximum atomic E-state index is 12.6. The van der Waals surface area contributed by atoms with Gasteiger partial charge in [0.1, 0.15) is 5.41 Å². The molecule has 2 rings (SSSR count). The van der Waals surface area contributed by atoms with Gasteiger partial charge in [0.15, 0.2) is 0 Å². The van der Waals surface area contributed by atoms with Gasteiger partial charge in [-0.3, -0.25) is 14.4 Å². The Hall–Kier alpha value is -3.15. The maximum absolute atomic E-state index is 12.6. The predicted octanol–water partition coefficient (Wildman–Crippen LogP) is 3.56. The topological polar surface area (TPSA) is 87.3 Å². The van der Waals surface area contributed by atoms with E-state index in [2.05, 4.69) is 16.0 Å². The summed E-state index contributed by atoms with van der Waals surface area (Å²) in [6.07, 6.45) is 0. The Bertz CT molecular complexity index is 844. The van der Waals surface area contributed by atoms with Gasteiger partial charge in [-0.1, -0.05) is 24.3 Å². The second-order valence-electron chi connectivity index (χ2n) is 6.61. The van der Waals surface area contributed by atoms with Gasteiger partial charge in [0.25, 0.3) is 0 Å². The third-order valence-corrected chi connectivity index (χ3v) is 3.97. The van der Waals surface area contributed by atoms with Crippen molar-refractivity contribution in [3.05, 3.63) is 54.1 Å².